The highest BCUT2D eigenvalue weighted by atomic mass is 35.5. The molecular weight excluding hydrogens is 206 g/mol. The van der Waals surface area contributed by atoms with E-state index in [-0.39, 0.29) is 0 Å². The summed E-state index contributed by atoms with van der Waals surface area (Å²) in [5.41, 5.74) is 1.30. The first kappa shape index (κ1) is 12.3. The number of hydrogen-bond donors (Lipinski definition) is 1. The van der Waals surface area contributed by atoms with Gasteiger partial charge < -0.3 is 5.32 Å². The van der Waals surface area contributed by atoms with Gasteiger partial charge in [0.1, 0.15) is 0 Å². The van der Waals surface area contributed by atoms with Crippen LogP contribution in [0.25, 0.3) is 0 Å². The average Bonchev–Trinajstić information content (AvgIpc) is 2.26. The van der Waals surface area contributed by atoms with Gasteiger partial charge in [-0.3, -0.25) is 0 Å². The summed E-state index contributed by atoms with van der Waals surface area (Å²) in [5.74, 6) is 0. The fourth-order valence-electron chi connectivity index (χ4n) is 1.32. The lowest BCUT2D eigenvalue weighted by molar-refractivity contribution is 0.726. The first-order chi connectivity index (χ1) is 7.33. The summed E-state index contributed by atoms with van der Waals surface area (Å²) >= 11 is 5.80. The molecule has 15 heavy (non-hydrogen) atoms. The largest absolute Gasteiger partial charge is 0.317 e. The molecule has 0 aromatic heterocycles. The van der Waals surface area contributed by atoms with Gasteiger partial charge in [0.15, 0.2) is 0 Å². The monoisotopic (exact) mass is 223 g/mol. The van der Waals surface area contributed by atoms with E-state index in [4.69, 9.17) is 11.6 Å². The van der Waals surface area contributed by atoms with E-state index in [2.05, 4.69) is 36.5 Å². The zero-order valence-corrected chi connectivity index (χ0v) is 9.93. The molecule has 0 bridgehead atoms. The first-order valence-corrected chi connectivity index (χ1v) is 5.81. The maximum atomic E-state index is 5.80. The van der Waals surface area contributed by atoms with Gasteiger partial charge in [-0.05, 0) is 43.6 Å². The van der Waals surface area contributed by atoms with Crippen molar-refractivity contribution in [3.05, 3.63) is 47.0 Å². The lowest BCUT2D eigenvalue weighted by atomic mass is 10.1. The molecule has 0 saturated carbocycles. The van der Waals surface area contributed by atoms with Crippen LogP contribution in [0, 0.1) is 0 Å². The van der Waals surface area contributed by atoms with E-state index in [0.717, 1.165) is 31.0 Å². The van der Waals surface area contributed by atoms with Gasteiger partial charge in [0.2, 0.25) is 0 Å². The summed E-state index contributed by atoms with van der Waals surface area (Å²) in [4.78, 5) is 0. The molecule has 0 unspecified atom stereocenters. The maximum absolute atomic E-state index is 5.80. The van der Waals surface area contributed by atoms with Gasteiger partial charge in [-0.15, -0.1) is 0 Å². The van der Waals surface area contributed by atoms with Crippen LogP contribution < -0.4 is 5.32 Å². The van der Waals surface area contributed by atoms with Gasteiger partial charge in [0, 0.05) is 5.02 Å². The summed E-state index contributed by atoms with van der Waals surface area (Å²) < 4.78 is 0. The molecule has 0 aliphatic rings. The standard InChI is InChI=1S/C13H18ClN/c1-2-15-11-5-3-4-6-12-7-9-13(14)10-8-12/h3-4,7-10,15H,2,5-6,11H2,1H3. The molecule has 1 aromatic rings. The van der Waals surface area contributed by atoms with Crippen molar-refractivity contribution in [2.45, 2.75) is 19.8 Å². The molecule has 0 amide bonds. The van der Waals surface area contributed by atoms with E-state index < -0.39 is 0 Å². The minimum absolute atomic E-state index is 0.801. The molecule has 0 aliphatic heterocycles. The average molecular weight is 224 g/mol. The van der Waals surface area contributed by atoms with Crippen LogP contribution in [0.3, 0.4) is 0 Å². The van der Waals surface area contributed by atoms with E-state index in [1.165, 1.54) is 5.56 Å². The number of hydrogen-bond acceptors (Lipinski definition) is 1. The van der Waals surface area contributed by atoms with Crippen LogP contribution in [0.2, 0.25) is 5.02 Å². The van der Waals surface area contributed by atoms with Crippen molar-refractivity contribution in [3.63, 3.8) is 0 Å². The molecule has 2 heteroatoms. The number of rotatable bonds is 6. The summed E-state index contributed by atoms with van der Waals surface area (Å²) in [5, 5.41) is 4.09. The van der Waals surface area contributed by atoms with Gasteiger partial charge in [-0.2, -0.15) is 0 Å². The number of allylic oxidation sites excluding steroid dienone is 1. The summed E-state index contributed by atoms with van der Waals surface area (Å²) in [7, 11) is 0. The zero-order chi connectivity index (χ0) is 10.9. The third-order valence-electron chi connectivity index (χ3n) is 2.17. The highest BCUT2D eigenvalue weighted by molar-refractivity contribution is 6.30. The summed E-state index contributed by atoms with van der Waals surface area (Å²) in [6, 6.07) is 8.00. The molecule has 0 spiro atoms. The van der Waals surface area contributed by atoms with Crippen molar-refractivity contribution in [2.24, 2.45) is 0 Å². The molecule has 0 aliphatic carbocycles. The predicted octanol–water partition coefficient (Wildman–Crippen LogP) is 3.44. The second-order valence-electron chi connectivity index (χ2n) is 3.44. The Hall–Kier alpha value is -0.790. The molecule has 0 fully saturated rings. The Morgan fingerprint density at radius 1 is 1.20 bits per heavy atom. The quantitative estimate of drug-likeness (QED) is 0.576. The molecule has 1 aromatic carbocycles. The Morgan fingerprint density at radius 2 is 1.93 bits per heavy atom. The zero-order valence-electron chi connectivity index (χ0n) is 9.17. The fraction of sp³-hybridized carbons (Fsp3) is 0.385. The topological polar surface area (TPSA) is 12.0 Å². The third kappa shape index (κ3) is 5.60. The van der Waals surface area contributed by atoms with Gasteiger partial charge in [0.05, 0.1) is 0 Å². The van der Waals surface area contributed by atoms with Crippen LogP contribution >= 0.6 is 11.6 Å². The first-order valence-electron chi connectivity index (χ1n) is 5.43. The Labute approximate surface area is 97.1 Å². The van der Waals surface area contributed by atoms with Gasteiger partial charge in [0.25, 0.3) is 0 Å². The lowest BCUT2D eigenvalue weighted by Crippen LogP contribution is -2.12. The second kappa shape index (κ2) is 7.49. The van der Waals surface area contributed by atoms with Crippen LogP contribution in [0.15, 0.2) is 36.4 Å². The van der Waals surface area contributed by atoms with Gasteiger partial charge >= 0.3 is 0 Å². The highest BCUT2D eigenvalue weighted by Crippen LogP contribution is 2.10. The van der Waals surface area contributed by atoms with Crippen LogP contribution in [0.5, 0.6) is 0 Å². The van der Waals surface area contributed by atoms with Crippen molar-refractivity contribution in [2.75, 3.05) is 13.1 Å². The molecule has 0 heterocycles. The lowest BCUT2D eigenvalue weighted by Gasteiger charge is -1.97. The van der Waals surface area contributed by atoms with Gasteiger partial charge in [-0.25, -0.2) is 0 Å². The number of benzene rings is 1. The smallest absolute Gasteiger partial charge is 0.0406 e. The minimum atomic E-state index is 0.801. The van der Waals surface area contributed by atoms with Crippen molar-refractivity contribution >= 4 is 11.6 Å². The molecule has 1 nitrogen and oxygen atoms in total. The maximum Gasteiger partial charge on any atom is 0.0406 e. The highest BCUT2D eigenvalue weighted by Gasteiger charge is 1.89. The van der Waals surface area contributed by atoms with Crippen molar-refractivity contribution in [1.29, 1.82) is 0 Å². The third-order valence-corrected chi connectivity index (χ3v) is 2.42. The molecular formula is C13H18ClN. The van der Waals surface area contributed by atoms with Crippen LogP contribution in [-0.4, -0.2) is 13.1 Å². The van der Waals surface area contributed by atoms with Crippen LogP contribution in [-0.2, 0) is 6.42 Å². The van der Waals surface area contributed by atoms with Crippen molar-refractivity contribution in [1.82, 2.24) is 5.32 Å². The van der Waals surface area contributed by atoms with E-state index in [0.29, 0.717) is 0 Å². The number of nitrogens with one attached hydrogen (secondary N) is 1. The van der Waals surface area contributed by atoms with E-state index in [1.807, 2.05) is 12.1 Å². The molecule has 0 atom stereocenters. The van der Waals surface area contributed by atoms with Crippen LogP contribution in [0.1, 0.15) is 18.9 Å². The fourth-order valence-corrected chi connectivity index (χ4v) is 1.45. The normalized spacial score (nSPS) is 11.1. The molecule has 0 radical (unpaired) electrons. The predicted molar refractivity (Wildman–Crippen MR) is 67.5 cm³/mol. The summed E-state index contributed by atoms with van der Waals surface area (Å²) in [6.07, 6.45) is 6.52. The summed E-state index contributed by atoms with van der Waals surface area (Å²) in [6.45, 7) is 4.23. The SMILES string of the molecule is CCNCCC=CCc1ccc(Cl)cc1. The van der Waals surface area contributed by atoms with Crippen molar-refractivity contribution < 1.29 is 0 Å². The van der Waals surface area contributed by atoms with E-state index >= 15 is 0 Å². The minimum Gasteiger partial charge on any atom is -0.317 e. The van der Waals surface area contributed by atoms with Crippen LogP contribution in [0.4, 0.5) is 0 Å². The molecule has 1 rings (SSSR count). The van der Waals surface area contributed by atoms with E-state index in [9.17, 15) is 0 Å². The Balaban J connectivity index is 2.22. The molecule has 1 N–H and O–H groups in total. The number of halogens is 1. The van der Waals surface area contributed by atoms with E-state index in [1.54, 1.807) is 0 Å². The second-order valence-corrected chi connectivity index (χ2v) is 3.88. The Kier molecular flexibility index (Phi) is 6.14. The molecule has 0 saturated heterocycles. The van der Waals surface area contributed by atoms with Crippen molar-refractivity contribution in [3.8, 4) is 0 Å². The molecule has 82 valence electrons. The van der Waals surface area contributed by atoms with Gasteiger partial charge in [-0.1, -0.05) is 42.8 Å². The Morgan fingerprint density at radius 3 is 2.60 bits per heavy atom. The Bertz CT molecular complexity index is 290.